The van der Waals surface area contributed by atoms with Crippen molar-refractivity contribution in [2.75, 3.05) is 31.6 Å². The number of hydrogen-bond acceptors (Lipinski definition) is 4. The molecule has 0 aliphatic carbocycles. The summed E-state index contributed by atoms with van der Waals surface area (Å²) in [4.78, 5) is 11.9. The van der Waals surface area contributed by atoms with Crippen molar-refractivity contribution in [1.29, 1.82) is 0 Å². The Morgan fingerprint density at radius 1 is 1.38 bits per heavy atom. The van der Waals surface area contributed by atoms with Crippen LogP contribution in [0.25, 0.3) is 0 Å². The zero-order valence-electron chi connectivity index (χ0n) is 12.7. The second kappa shape index (κ2) is 7.42. The lowest BCUT2D eigenvalue weighted by molar-refractivity contribution is 0.0952. The number of carbonyl (C=O) groups is 1. The molecule has 0 bridgehead atoms. The second-order valence-electron chi connectivity index (χ2n) is 4.94. The Hall–Kier alpha value is -1.60. The van der Waals surface area contributed by atoms with Crippen LogP contribution in [0.15, 0.2) is 18.2 Å². The van der Waals surface area contributed by atoms with Gasteiger partial charge in [-0.05, 0) is 37.1 Å². The lowest BCUT2D eigenvalue weighted by atomic mass is 10.1. The molecule has 21 heavy (non-hydrogen) atoms. The Morgan fingerprint density at radius 2 is 2.05 bits per heavy atom. The van der Waals surface area contributed by atoms with Gasteiger partial charge in [-0.2, -0.15) is 0 Å². The molecule has 0 aliphatic heterocycles. The Kier molecular flexibility index (Phi) is 6.17. The van der Waals surface area contributed by atoms with E-state index in [0.717, 1.165) is 5.56 Å². The summed E-state index contributed by atoms with van der Waals surface area (Å²) in [6, 6.07) is 5.11. The number of nitrogens with two attached hydrogens (primary N) is 1. The fourth-order valence-electron chi connectivity index (χ4n) is 1.93. The van der Waals surface area contributed by atoms with Crippen molar-refractivity contribution in [3.63, 3.8) is 0 Å². The highest BCUT2D eigenvalue weighted by molar-refractivity contribution is 7.88. The van der Waals surface area contributed by atoms with Crippen LogP contribution in [0.2, 0.25) is 0 Å². The highest BCUT2D eigenvalue weighted by Crippen LogP contribution is 2.12. The van der Waals surface area contributed by atoms with Crippen LogP contribution >= 0.6 is 0 Å². The average Bonchev–Trinajstić information content (AvgIpc) is 2.40. The van der Waals surface area contributed by atoms with E-state index >= 15 is 0 Å². The van der Waals surface area contributed by atoms with E-state index in [1.807, 2.05) is 6.92 Å². The van der Waals surface area contributed by atoms with E-state index in [1.54, 1.807) is 25.1 Å². The van der Waals surface area contributed by atoms with Gasteiger partial charge < -0.3 is 11.1 Å². The molecular formula is C14H23N3O3S. The molecule has 1 aromatic rings. The SMILES string of the molecule is CCN(CCCNC(=O)c1ccc(N)c(C)c1)S(C)(=O)=O. The molecule has 118 valence electrons. The van der Waals surface area contributed by atoms with Crippen LogP contribution in [0.4, 0.5) is 5.69 Å². The van der Waals surface area contributed by atoms with Gasteiger partial charge in [-0.3, -0.25) is 4.79 Å². The normalized spacial score (nSPS) is 11.6. The number of sulfonamides is 1. The van der Waals surface area contributed by atoms with Gasteiger partial charge in [-0.25, -0.2) is 12.7 Å². The number of benzene rings is 1. The fourth-order valence-corrected chi connectivity index (χ4v) is 2.86. The summed E-state index contributed by atoms with van der Waals surface area (Å²) in [5.41, 5.74) is 7.77. The van der Waals surface area contributed by atoms with Crippen molar-refractivity contribution in [1.82, 2.24) is 9.62 Å². The van der Waals surface area contributed by atoms with Crippen LogP contribution in [0.3, 0.4) is 0 Å². The summed E-state index contributed by atoms with van der Waals surface area (Å²) in [5.74, 6) is -0.180. The lowest BCUT2D eigenvalue weighted by Crippen LogP contribution is -2.33. The molecule has 0 radical (unpaired) electrons. The molecule has 0 heterocycles. The molecule has 1 aromatic carbocycles. The van der Waals surface area contributed by atoms with Crippen molar-refractivity contribution in [3.05, 3.63) is 29.3 Å². The third-order valence-electron chi connectivity index (χ3n) is 3.22. The van der Waals surface area contributed by atoms with Crippen molar-refractivity contribution in [2.45, 2.75) is 20.3 Å². The first kappa shape index (κ1) is 17.5. The van der Waals surface area contributed by atoms with Gasteiger partial charge in [0.05, 0.1) is 6.26 Å². The number of carbonyl (C=O) groups excluding carboxylic acids is 1. The van der Waals surface area contributed by atoms with Gasteiger partial charge >= 0.3 is 0 Å². The molecule has 3 N–H and O–H groups in total. The molecule has 0 saturated carbocycles. The standard InChI is InChI=1S/C14H23N3O3S/c1-4-17(21(3,19)20)9-5-8-16-14(18)12-6-7-13(15)11(2)10-12/h6-7,10H,4-5,8-9,15H2,1-3H3,(H,16,18). The molecule has 1 rings (SSSR count). The van der Waals surface area contributed by atoms with E-state index < -0.39 is 10.0 Å². The Balaban J connectivity index is 2.45. The maximum atomic E-state index is 11.9. The molecular weight excluding hydrogens is 290 g/mol. The van der Waals surface area contributed by atoms with E-state index in [9.17, 15) is 13.2 Å². The summed E-state index contributed by atoms with van der Waals surface area (Å²) < 4.78 is 24.2. The molecule has 0 saturated heterocycles. The van der Waals surface area contributed by atoms with Gasteiger partial charge in [0, 0.05) is 30.9 Å². The highest BCUT2D eigenvalue weighted by atomic mass is 32.2. The van der Waals surface area contributed by atoms with Crippen molar-refractivity contribution < 1.29 is 13.2 Å². The van der Waals surface area contributed by atoms with E-state index in [-0.39, 0.29) is 5.91 Å². The van der Waals surface area contributed by atoms with Gasteiger partial charge in [0.2, 0.25) is 10.0 Å². The number of anilines is 1. The van der Waals surface area contributed by atoms with E-state index in [4.69, 9.17) is 5.73 Å². The molecule has 0 atom stereocenters. The number of aryl methyl sites for hydroxylation is 1. The largest absolute Gasteiger partial charge is 0.399 e. The number of nitrogens with zero attached hydrogens (tertiary/aromatic N) is 1. The summed E-state index contributed by atoms with van der Waals surface area (Å²) in [6.07, 6.45) is 1.76. The Morgan fingerprint density at radius 3 is 2.57 bits per heavy atom. The molecule has 1 amide bonds. The molecule has 7 heteroatoms. The summed E-state index contributed by atoms with van der Waals surface area (Å²) in [7, 11) is -3.17. The topological polar surface area (TPSA) is 92.5 Å². The lowest BCUT2D eigenvalue weighted by Gasteiger charge is -2.17. The maximum Gasteiger partial charge on any atom is 0.251 e. The maximum absolute atomic E-state index is 11.9. The van der Waals surface area contributed by atoms with Crippen molar-refractivity contribution in [2.24, 2.45) is 0 Å². The minimum atomic E-state index is -3.17. The first-order chi connectivity index (χ1) is 9.75. The van der Waals surface area contributed by atoms with Crippen LogP contribution in [0.5, 0.6) is 0 Å². The van der Waals surface area contributed by atoms with E-state index in [1.165, 1.54) is 10.6 Å². The van der Waals surface area contributed by atoms with E-state index in [2.05, 4.69) is 5.32 Å². The fraction of sp³-hybridized carbons (Fsp3) is 0.500. The van der Waals surface area contributed by atoms with E-state index in [0.29, 0.717) is 37.3 Å². The van der Waals surface area contributed by atoms with Crippen LogP contribution in [-0.2, 0) is 10.0 Å². The molecule has 0 fully saturated rings. The van der Waals surface area contributed by atoms with Gasteiger partial charge in [-0.15, -0.1) is 0 Å². The number of rotatable bonds is 7. The number of nitrogens with one attached hydrogen (secondary N) is 1. The third kappa shape index (κ3) is 5.35. The number of nitrogen functional groups attached to an aromatic ring is 1. The quantitative estimate of drug-likeness (QED) is 0.580. The predicted octanol–water partition coefficient (Wildman–Crippen LogP) is 0.979. The predicted molar refractivity (Wildman–Crippen MR) is 84.6 cm³/mol. The first-order valence-electron chi connectivity index (χ1n) is 6.85. The molecule has 0 unspecified atom stereocenters. The first-order valence-corrected chi connectivity index (χ1v) is 8.70. The number of amides is 1. The average molecular weight is 313 g/mol. The summed E-state index contributed by atoms with van der Waals surface area (Å²) in [6.45, 7) is 4.89. The zero-order valence-corrected chi connectivity index (χ0v) is 13.5. The smallest absolute Gasteiger partial charge is 0.251 e. The number of hydrogen-bond donors (Lipinski definition) is 2. The Bertz CT molecular complexity index is 599. The molecule has 0 aromatic heterocycles. The van der Waals surface area contributed by atoms with Crippen molar-refractivity contribution >= 4 is 21.6 Å². The zero-order chi connectivity index (χ0) is 16.0. The molecule has 6 nitrogen and oxygen atoms in total. The minimum Gasteiger partial charge on any atom is -0.399 e. The highest BCUT2D eigenvalue weighted by Gasteiger charge is 2.13. The molecule has 0 aliphatic rings. The summed E-state index contributed by atoms with van der Waals surface area (Å²) >= 11 is 0. The van der Waals surface area contributed by atoms with Crippen molar-refractivity contribution in [3.8, 4) is 0 Å². The Labute approximate surface area is 126 Å². The van der Waals surface area contributed by atoms with Crippen LogP contribution in [0.1, 0.15) is 29.3 Å². The summed E-state index contributed by atoms with van der Waals surface area (Å²) in [5, 5.41) is 2.78. The van der Waals surface area contributed by atoms with Crippen LogP contribution in [0, 0.1) is 6.92 Å². The van der Waals surface area contributed by atoms with Gasteiger partial charge in [0.1, 0.15) is 0 Å². The minimum absolute atomic E-state index is 0.180. The van der Waals surface area contributed by atoms with Crippen LogP contribution < -0.4 is 11.1 Å². The second-order valence-corrected chi connectivity index (χ2v) is 6.92. The molecule has 0 spiro atoms. The monoisotopic (exact) mass is 313 g/mol. The van der Waals surface area contributed by atoms with Gasteiger partial charge in [0.25, 0.3) is 5.91 Å². The third-order valence-corrected chi connectivity index (χ3v) is 4.60. The van der Waals surface area contributed by atoms with Gasteiger partial charge in [0.15, 0.2) is 0 Å². The van der Waals surface area contributed by atoms with Crippen LogP contribution in [-0.4, -0.2) is 44.5 Å². The van der Waals surface area contributed by atoms with Gasteiger partial charge in [-0.1, -0.05) is 6.92 Å².